The zero-order valence-corrected chi connectivity index (χ0v) is 12.9. The Morgan fingerprint density at radius 1 is 1.09 bits per heavy atom. The van der Waals surface area contributed by atoms with Gasteiger partial charge in [0.15, 0.2) is 0 Å². The van der Waals surface area contributed by atoms with Crippen molar-refractivity contribution in [2.75, 3.05) is 0 Å². The number of rotatable bonds is 2. The van der Waals surface area contributed by atoms with Gasteiger partial charge in [-0.25, -0.2) is 0 Å². The fourth-order valence-electron chi connectivity index (χ4n) is 7.03. The molecule has 3 nitrogen and oxygen atoms in total. The van der Waals surface area contributed by atoms with Crippen LogP contribution < -0.4 is 0 Å². The summed E-state index contributed by atoms with van der Waals surface area (Å²) < 4.78 is 12.4. The first-order valence-electron chi connectivity index (χ1n) is 9.29. The Kier molecular flexibility index (Phi) is 2.27. The van der Waals surface area contributed by atoms with E-state index in [0.717, 1.165) is 37.5 Å². The lowest BCUT2D eigenvalue weighted by Gasteiger charge is -2.34. The molecule has 2 aliphatic heterocycles. The van der Waals surface area contributed by atoms with Crippen molar-refractivity contribution in [1.82, 2.24) is 0 Å². The number of allylic oxidation sites excluding steroid dienone is 2. The van der Waals surface area contributed by atoms with Crippen molar-refractivity contribution in [2.24, 2.45) is 35.5 Å². The van der Waals surface area contributed by atoms with Crippen LogP contribution in [0.25, 0.3) is 0 Å². The number of ether oxygens (including phenoxy) is 2. The third-order valence-electron chi connectivity index (χ3n) is 7.90. The summed E-state index contributed by atoms with van der Waals surface area (Å²) in [5.74, 6) is 3.61. The van der Waals surface area contributed by atoms with Gasteiger partial charge in [-0.2, -0.15) is 0 Å². The molecule has 0 aromatic rings. The average Bonchev–Trinajstić information content (AvgIpc) is 3.30. The fourth-order valence-corrected chi connectivity index (χ4v) is 7.03. The standard InChI is InChI=1S/C19H24O3/c20-18(22-19-5-3-10(9-19)4-6-19)13-8-14-15-11-1-2-12(7-11)16(15)17(13)21-14/h1-2,10-17H,3-9H2. The Morgan fingerprint density at radius 2 is 1.86 bits per heavy atom. The molecule has 7 atom stereocenters. The van der Waals surface area contributed by atoms with Gasteiger partial charge in [-0.15, -0.1) is 0 Å². The number of carbonyl (C=O) groups is 1. The molecular formula is C19H24O3. The second-order valence-corrected chi connectivity index (χ2v) is 8.84. The van der Waals surface area contributed by atoms with Gasteiger partial charge in [0.05, 0.1) is 18.1 Å². The van der Waals surface area contributed by atoms with Crippen LogP contribution in [-0.2, 0) is 14.3 Å². The summed E-state index contributed by atoms with van der Waals surface area (Å²) >= 11 is 0. The SMILES string of the molecule is O=C(OC12CCC(CC1)C2)C1CC2OC1C1C3C=CC(C3)C21. The summed E-state index contributed by atoms with van der Waals surface area (Å²) in [6, 6.07) is 0. The summed E-state index contributed by atoms with van der Waals surface area (Å²) in [5.41, 5.74) is -0.0857. The molecule has 7 unspecified atom stereocenters. The van der Waals surface area contributed by atoms with E-state index in [1.165, 1.54) is 19.3 Å². The van der Waals surface area contributed by atoms with Gasteiger partial charge in [-0.3, -0.25) is 4.79 Å². The van der Waals surface area contributed by atoms with Gasteiger partial charge in [0.2, 0.25) is 0 Å². The molecule has 0 amide bonds. The van der Waals surface area contributed by atoms with Gasteiger partial charge < -0.3 is 9.47 Å². The van der Waals surface area contributed by atoms with Crippen molar-refractivity contribution in [3.63, 3.8) is 0 Å². The number of fused-ring (bicyclic) bond motifs is 11. The molecular weight excluding hydrogens is 276 g/mol. The molecule has 0 aromatic carbocycles. The molecule has 0 aromatic heterocycles. The van der Waals surface area contributed by atoms with E-state index in [9.17, 15) is 4.79 Å². The number of esters is 1. The molecule has 0 N–H and O–H groups in total. The minimum atomic E-state index is -0.0857. The highest BCUT2D eigenvalue weighted by atomic mass is 16.6. The summed E-state index contributed by atoms with van der Waals surface area (Å²) in [5, 5.41) is 0. The Bertz CT molecular complexity index is 559. The van der Waals surface area contributed by atoms with Gasteiger partial charge in [-0.05, 0) is 74.5 Å². The smallest absolute Gasteiger partial charge is 0.312 e. The summed E-state index contributed by atoms with van der Waals surface area (Å²) in [7, 11) is 0. The zero-order valence-electron chi connectivity index (χ0n) is 12.9. The van der Waals surface area contributed by atoms with E-state index in [1.54, 1.807) is 0 Å². The van der Waals surface area contributed by atoms with E-state index in [-0.39, 0.29) is 23.6 Å². The van der Waals surface area contributed by atoms with Crippen LogP contribution in [-0.4, -0.2) is 23.8 Å². The Morgan fingerprint density at radius 3 is 2.59 bits per heavy atom. The first-order chi connectivity index (χ1) is 10.7. The van der Waals surface area contributed by atoms with E-state index in [1.807, 2.05) is 0 Å². The van der Waals surface area contributed by atoms with Gasteiger partial charge in [0, 0.05) is 0 Å². The lowest BCUT2D eigenvalue weighted by Crippen LogP contribution is -2.42. The Balaban J connectivity index is 1.22. The van der Waals surface area contributed by atoms with E-state index in [0.29, 0.717) is 23.9 Å². The van der Waals surface area contributed by atoms with Gasteiger partial charge in [0.25, 0.3) is 0 Å². The highest BCUT2D eigenvalue weighted by Gasteiger charge is 2.64. The normalized spacial score (nSPS) is 59.5. The van der Waals surface area contributed by atoms with Gasteiger partial charge in [0.1, 0.15) is 5.60 Å². The molecule has 4 aliphatic carbocycles. The number of carbonyl (C=O) groups excluding carboxylic acids is 1. The molecule has 6 bridgehead atoms. The van der Waals surface area contributed by atoms with Crippen LogP contribution >= 0.6 is 0 Å². The zero-order chi connectivity index (χ0) is 14.5. The molecule has 2 saturated heterocycles. The van der Waals surface area contributed by atoms with Crippen LogP contribution in [0.3, 0.4) is 0 Å². The molecule has 118 valence electrons. The molecule has 5 fully saturated rings. The topological polar surface area (TPSA) is 35.5 Å². The van der Waals surface area contributed by atoms with Gasteiger partial charge >= 0.3 is 5.97 Å². The minimum Gasteiger partial charge on any atom is -0.459 e. The van der Waals surface area contributed by atoms with E-state index in [4.69, 9.17) is 9.47 Å². The molecule has 0 spiro atoms. The average molecular weight is 300 g/mol. The number of hydrogen-bond acceptors (Lipinski definition) is 3. The van der Waals surface area contributed by atoms with Crippen molar-refractivity contribution >= 4 is 5.97 Å². The molecule has 2 heterocycles. The van der Waals surface area contributed by atoms with Crippen molar-refractivity contribution in [3.05, 3.63) is 12.2 Å². The fraction of sp³-hybridized carbons (Fsp3) is 0.842. The van der Waals surface area contributed by atoms with Crippen LogP contribution in [0.4, 0.5) is 0 Å². The third kappa shape index (κ3) is 1.45. The molecule has 3 heteroatoms. The first kappa shape index (κ1) is 12.6. The van der Waals surface area contributed by atoms with Gasteiger partial charge in [-0.1, -0.05) is 12.2 Å². The van der Waals surface area contributed by atoms with Crippen molar-refractivity contribution in [2.45, 2.75) is 62.8 Å². The Hall–Kier alpha value is -0.830. The predicted molar refractivity (Wildman–Crippen MR) is 79.9 cm³/mol. The molecule has 0 radical (unpaired) electrons. The summed E-state index contributed by atoms with van der Waals surface area (Å²) in [4.78, 5) is 12.8. The molecule has 6 rings (SSSR count). The first-order valence-corrected chi connectivity index (χ1v) is 9.29. The molecule has 22 heavy (non-hydrogen) atoms. The van der Waals surface area contributed by atoms with Crippen molar-refractivity contribution in [1.29, 1.82) is 0 Å². The molecule has 6 aliphatic rings. The lowest BCUT2D eigenvalue weighted by molar-refractivity contribution is -0.166. The molecule has 3 saturated carbocycles. The van der Waals surface area contributed by atoms with E-state index < -0.39 is 0 Å². The largest absolute Gasteiger partial charge is 0.459 e. The van der Waals surface area contributed by atoms with Crippen molar-refractivity contribution < 1.29 is 14.3 Å². The van der Waals surface area contributed by atoms with Crippen LogP contribution in [0, 0.1) is 35.5 Å². The minimum absolute atomic E-state index is 0.0213. The maximum Gasteiger partial charge on any atom is 0.312 e. The highest BCUT2D eigenvalue weighted by molar-refractivity contribution is 5.74. The summed E-state index contributed by atoms with van der Waals surface area (Å²) in [6.07, 6.45) is 13.3. The van der Waals surface area contributed by atoms with E-state index >= 15 is 0 Å². The predicted octanol–water partition coefficient (Wildman–Crippen LogP) is 3.09. The second kappa shape index (κ2) is 3.98. The maximum absolute atomic E-state index is 12.8. The lowest BCUT2D eigenvalue weighted by atomic mass is 9.69. The highest BCUT2D eigenvalue weighted by Crippen LogP contribution is 2.62. The second-order valence-electron chi connectivity index (χ2n) is 8.84. The Labute approximate surface area is 131 Å². The summed E-state index contributed by atoms with van der Waals surface area (Å²) in [6.45, 7) is 0. The van der Waals surface area contributed by atoms with Crippen LogP contribution in [0.2, 0.25) is 0 Å². The van der Waals surface area contributed by atoms with Crippen LogP contribution in [0.15, 0.2) is 12.2 Å². The van der Waals surface area contributed by atoms with Crippen LogP contribution in [0.1, 0.15) is 44.9 Å². The third-order valence-corrected chi connectivity index (χ3v) is 7.90. The number of hydrogen-bond donors (Lipinski definition) is 0. The van der Waals surface area contributed by atoms with Crippen LogP contribution in [0.5, 0.6) is 0 Å². The maximum atomic E-state index is 12.8. The monoisotopic (exact) mass is 300 g/mol. The quantitative estimate of drug-likeness (QED) is 0.581. The van der Waals surface area contributed by atoms with Crippen molar-refractivity contribution in [3.8, 4) is 0 Å². The van der Waals surface area contributed by atoms with E-state index in [2.05, 4.69) is 12.2 Å².